The highest BCUT2D eigenvalue weighted by Crippen LogP contribution is 2.02. The van der Waals surface area contributed by atoms with E-state index >= 15 is 0 Å². The average molecular weight is 230 g/mol. The Balaban J connectivity index is 3.52. The number of hydrogen-bond donors (Lipinski definition) is 0. The minimum absolute atomic E-state index is 0.0267. The number of ether oxygens (including phenoxy) is 2. The molecule has 0 aromatic heterocycles. The maximum atomic E-state index is 10.9. The molecular formula is C11H22O3Si. The van der Waals surface area contributed by atoms with Gasteiger partial charge in [0.1, 0.15) is 5.91 Å². The van der Waals surface area contributed by atoms with E-state index in [0.29, 0.717) is 19.6 Å². The Morgan fingerprint density at radius 3 is 2.47 bits per heavy atom. The number of allylic oxidation sites excluding steroid dienone is 1. The molecule has 0 fully saturated rings. The van der Waals surface area contributed by atoms with Crippen LogP contribution in [0.25, 0.3) is 0 Å². The number of carbonyl (C=O) groups is 1. The van der Waals surface area contributed by atoms with Gasteiger partial charge in [-0.1, -0.05) is 12.6 Å². The van der Waals surface area contributed by atoms with Crippen molar-refractivity contribution in [1.82, 2.24) is 0 Å². The largest absolute Gasteiger partial charge is 0.357 e. The van der Waals surface area contributed by atoms with E-state index in [1.54, 1.807) is 0 Å². The van der Waals surface area contributed by atoms with E-state index in [0.717, 1.165) is 12.5 Å². The Bertz CT molecular complexity index is 177. The smallest absolute Gasteiger partial charge is 0.155 e. The molecule has 0 saturated carbocycles. The molecule has 0 amide bonds. The third-order valence-electron chi connectivity index (χ3n) is 2.05. The van der Waals surface area contributed by atoms with Gasteiger partial charge in [-0.15, -0.1) is 0 Å². The first-order valence-electron chi connectivity index (χ1n) is 5.63. The summed E-state index contributed by atoms with van der Waals surface area (Å²) in [5, 5.41) is 0. The van der Waals surface area contributed by atoms with E-state index in [1.807, 2.05) is 13.8 Å². The normalized spacial score (nSPS) is 11.4. The van der Waals surface area contributed by atoms with Crippen LogP contribution in [0.4, 0.5) is 0 Å². The van der Waals surface area contributed by atoms with Gasteiger partial charge in [-0.05, 0) is 26.3 Å². The van der Waals surface area contributed by atoms with Crippen molar-refractivity contribution in [3.05, 3.63) is 12.7 Å². The van der Waals surface area contributed by atoms with Crippen molar-refractivity contribution in [2.45, 2.75) is 38.6 Å². The molecule has 0 aromatic carbocycles. The van der Waals surface area contributed by atoms with Gasteiger partial charge in [0.05, 0.1) is 9.52 Å². The number of hydrogen-bond acceptors (Lipinski definition) is 3. The van der Waals surface area contributed by atoms with Crippen LogP contribution in [0.1, 0.15) is 26.7 Å². The van der Waals surface area contributed by atoms with Gasteiger partial charge in [-0.2, -0.15) is 0 Å². The highest BCUT2D eigenvalue weighted by atomic mass is 28.2. The molecule has 0 heterocycles. The van der Waals surface area contributed by atoms with Crippen LogP contribution in [-0.2, 0) is 14.3 Å². The summed E-state index contributed by atoms with van der Waals surface area (Å²) in [4.78, 5) is 10.9. The summed E-state index contributed by atoms with van der Waals surface area (Å²) in [7, 11) is -0.378. The van der Waals surface area contributed by atoms with Crippen molar-refractivity contribution < 1.29 is 14.3 Å². The van der Waals surface area contributed by atoms with Crippen LogP contribution in [0.5, 0.6) is 0 Å². The number of carbonyl (C=O) groups excluding carboxylic acids is 1. The van der Waals surface area contributed by atoms with Crippen molar-refractivity contribution in [3.8, 4) is 0 Å². The van der Waals surface area contributed by atoms with Crippen molar-refractivity contribution >= 4 is 15.3 Å². The lowest BCUT2D eigenvalue weighted by molar-refractivity contribution is -0.114. The lowest BCUT2D eigenvalue weighted by Gasteiger charge is -2.15. The summed E-state index contributed by atoms with van der Waals surface area (Å²) in [6.45, 7) is 8.79. The van der Waals surface area contributed by atoms with E-state index in [4.69, 9.17) is 9.47 Å². The zero-order valence-corrected chi connectivity index (χ0v) is 11.2. The van der Waals surface area contributed by atoms with Crippen LogP contribution in [0, 0.1) is 0 Å². The highest BCUT2D eigenvalue weighted by Gasteiger charge is 2.08. The first-order chi connectivity index (χ1) is 7.24. The Labute approximate surface area is 94.7 Å². The number of rotatable bonds is 10. The standard InChI is InChI=1S/C11H22O3Si/c1-4-10(12)8-7-9-15-11(13-5-2)14-6-3/h4,11H,1,5-9,15H2,2-3H3. The van der Waals surface area contributed by atoms with Crippen LogP contribution in [0.2, 0.25) is 6.04 Å². The highest BCUT2D eigenvalue weighted by molar-refractivity contribution is 6.36. The van der Waals surface area contributed by atoms with Crippen LogP contribution in [0.15, 0.2) is 12.7 Å². The summed E-state index contributed by atoms with van der Waals surface area (Å²) in [6, 6.07) is 1.09. The van der Waals surface area contributed by atoms with Crippen LogP contribution in [-0.4, -0.2) is 34.4 Å². The fraction of sp³-hybridized carbons (Fsp3) is 0.727. The summed E-state index contributed by atoms with van der Waals surface area (Å²) in [5.41, 5.74) is 0. The fourth-order valence-electron chi connectivity index (χ4n) is 1.30. The third kappa shape index (κ3) is 8.54. The average Bonchev–Trinajstić information content (AvgIpc) is 2.24. The molecule has 0 saturated heterocycles. The molecule has 0 aliphatic carbocycles. The topological polar surface area (TPSA) is 35.5 Å². The lowest BCUT2D eigenvalue weighted by atomic mass is 10.2. The predicted octanol–water partition coefficient (Wildman–Crippen LogP) is 1.47. The van der Waals surface area contributed by atoms with Crippen LogP contribution < -0.4 is 0 Å². The van der Waals surface area contributed by atoms with Gasteiger partial charge < -0.3 is 9.47 Å². The molecule has 0 radical (unpaired) electrons. The van der Waals surface area contributed by atoms with Crippen molar-refractivity contribution in [1.29, 1.82) is 0 Å². The maximum absolute atomic E-state index is 10.9. The molecule has 0 atom stereocenters. The molecule has 88 valence electrons. The minimum atomic E-state index is -0.378. The first kappa shape index (κ1) is 14.5. The second kappa shape index (κ2) is 10.1. The molecule has 0 aliphatic heterocycles. The van der Waals surface area contributed by atoms with Gasteiger partial charge in [0.2, 0.25) is 0 Å². The molecule has 0 aromatic rings. The van der Waals surface area contributed by atoms with Gasteiger partial charge in [0, 0.05) is 19.6 Å². The molecule has 15 heavy (non-hydrogen) atoms. The van der Waals surface area contributed by atoms with Crippen molar-refractivity contribution in [2.24, 2.45) is 0 Å². The quantitative estimate of drug-likeness (QED) is 0.247. The maximum Gasteiger partial charge on any atom is 0.155 e. The Hall–Kier alpha value is -0.453. The molecule has 0 N–H and O–H groups in total. The van der Waals surface area contributed by atoms with E-state index in [-0.39, 0.29) is 21.2 Å². The molecule has 0 rings (SSSR count). The van der Waals surface area contributed by atoms with E-state index in [9.17, 15) is 4.79 Å². The van der Waals surface area contributed by atoms with Crippen LogP contribution in [0.3, 0.4) is 0 Å². The Kier molecular flexibility index (Phi) is 9.77. The van der Waals surface area contributed by atoms with Gasteiger partial charge in [-0.25, -0.2) is 0 Å². The first-order valence-corrected chi connectivity index (χ1v) is 7.44. The molecule has 0 spiro atoms. The molecule has 4 heteroatoms. The van der Waals surface area contributed by atoms with E-state index in [1.165, 1.54) is 6.08 Å². The summed E-state index contributed by atoms with van der Waals surface area (Å²) < 4.78 is 10.9. The molecule has 0 unspecified atom stereocenters. The van der Waals surface area contributed by atoms with Gasteiger partial charge in [0.15, 0.2) is 5.78 Å². The summed E-state index contributed by atoms with van der Waals surface area (Å²) in [5.74, 6) is 0.159. The second-order valence-corrected chi connectivity index (χ2v) is 5.21. The minimum Gasteiger partial charge on any atom is -0.357 e. The zero-order chi connectivity index (χ0) is 11.5. The molecular weight excluding hydrogens is 208 g/mol. The van der Waals surface area contributed by atoms with E-state index in [2.05, 4.69) is 6.58 Å². The number of ketones is 1. The molecule has 0 aliphatic rings. The molecule has 3 nitrogen and oxygen atoms in total. The van der Waals surface area contributed by atoms with Gasteiger partial charge >= 0.3 is 0 Å². The monoisotopic (exact) mass is 230 g/mol. The fourth-order valence-corrected chi connectivity index (χ4v) is 2.98. The van der Waals surface area contributed by atoms with Gasteiger partial charge in [-0.3, -0.25) is 4.79 Å². The Morgan fingerprint density at radius 1 is 1.40 bits per heavy atom. The third-order valence-corrected chi connectivity index (χ3v) is 3.90. The summed E-state index contributed by atoms with van der Waals surface area (Å²) in [6.07, 6.45) is 2.94. The Morgan fingerprint density at radius 2 is 2.00 bits per heavy atom. The van der Waals surface area contributed by atoms with E-state index < -0.39 is 0 Å². The summed E-state index contributed by atoms with van der Waals surface area (Å²) >= 11 is 0. The lowest BCUT2D eigenvalue weighted by Crippen LogP contribution is -2.24. The van der Waals surface area contributed by atoms with Crippen LogP contribution >= 0.6 is 0 Å². The predicted molar refractivity (Wildman–Crippen MR) is 64.8 cm³/mol. The molecule has 0 bridgehead atoms. The van der Waals surface area contributed by atoms with Crippen molar-refractivity contribution in [3.63, 3.8) is 0 Å². The SMILES string of the molecule is C=CC(=O)CCC[SiH2]C(OCC)OCC. The second-order valence-electron chi connectivity index (χ2n) is 3.26. The zero-order valence-electron chi connectivity index (χ0n) is 9.83. The van der Waals surface area contributed by atoms with Gasteiger partial charge in [0.25, 0.3) is 0 Å². The van der Waals surface area contributed by atoms with Crippen molar-refractivity contribution in [2.75, 3.05) is 13.2 Å².